The lowest BCUT2D eigenvalue weighted by Gasteiger charge is -2.04. The third-order valence-electron chi connectivity index (χ3n) is 3.04. The number of nitrogens with one attached hydrogen (secondary N) is 1. The van der Waals surface area contributed by atoms with Gasteiger partial charge in [-0.2, -0.15) is 0 Å². The van der Waals surface area contributed by atoms with Crippen molar-refractivity contribution in [3.63, 3.8) is 0 Å². The largest absolute Gasteiger partial charge is 0.361 e. The number of rotatable bonds is 3. The summed E-state index contributed by atoms with van der Waals surface area (Å²) in [6.45, 7) is 0. The number of pyridine rings is 1. The van der Waals surface area contributed by atoms with Crippen molar-refractivity contribution in [3.05, 3.63) is 77.2 Å². The first kappa shape index (κ1) is 12.6. The molecule has 0 amide bonds. The van der Waals surface area contributed by atoms with Crippen molar-refractivity contribution < 1.29 is 4.79 Å². The number of carbonyl (C=O) groups is 1. The summed E-state index contributed by atoms with van der Waals surface area (Å²) in [5.74, 6) is -0.0748. The Hall–Kier alpha value is -2.39. The number of benzene rings is 1. The van der Waals surface area contributed by atoms with Gasteiger partial charge in [0.05, 0.1) is 5.69 Å². The molecule has 0 aliphatic heterocycles. The van der Waals surface area contributed by atoms with E-state index < -0.39 is 0 Å². The Kier molecular flexibility index (Phi) is 3.35. The standard InChI is InChI=1S/C16H11ClN2O/c17-14-7-6-12(10-19-14)16(20)13-8-9-18-15(13)11-4-2-1-3-5-11/h1-10,18H. The minimum absolute atomic E-state index is 0.0748. The van der Waals surface area contributed by atoms with Crippen molar-refractivity contribution in [3.8, 4) is 11.3 Å². The topological polar surface area (TPSA) is 45.8 Å². The second-order valence-corrected chi connectivity index (χ2v) is 4.72. The molecular weight excluding hydrogens is 272 g/mol. The fourth-order valence-electron chi connectivity index (χ4n) is 2.07. The molecule has 0 radical (unpaired) electrons. The average Bonchev–Trinajstić information content (AvgIpc) is 2.97. The van der Waals surface area contributed by atoms with E-state index >= 15 is 0 Å². The van der Waals surface area contributed by atoms with E-state index in [1.807, 2.05) is 30.3 Å². The van der Waals surface area contributed by atoms with Gasteiger partial charge in [0.2, 0.25) is 0 Å². The smallest absolute Gasteiger partial charge is 0.196 e. The van der Waals surface area contributed by atoms with Gasteiger partial charge in [-0.15, -0.1) is 0 Å². The minimum atomic E-state index is -0.0748. The average molecular weight is 283 g/mol. The van der Waals surface area contributed by atoms with E-state index in [1.54, 1.807) is 24.4 Å². The summed E-state index contributed by atoms with van der Waals surface area (Å²) < 4.78 is 0. The van der Waals surface area contributed by atoms with Crippen LogP contribution in [0.1, 0.15) is 15.9 Å². The first-order valence-electron chi connectivity index (χ1n) is 6.15. The van der Waals surface area contributed by atoms with Gasteiger partial charge in [0, 0.05) is 23.5 Å². The molecule has 4 heteroatoms. The second-order valence-electron chi connectivity index (χ2n) is 4.33. The molecule has 0 spiro atoms. The second kappa shape index (κ2) is 5.31. The summed E-state index contributed by atoms with van der Waals surface area (Å²) in [6.07, 6.45) is 3.26. The molecule has 0 fully saturated rings. The first-order valence-corrected chi connectivity index (χ1v) is 6.52. The quantitative estimate of drug-likeness (QED) is 0.584. The third-order valence-corrected chi connectivity index (χ3v) is 3.27. The van der Waals surface area contributed by atoms with E-state index in [2.05, 4.69) is 9.97 Å². The van der Waals surface area contributed by atoms with E-state index in [1.165, 1.54) is 6.20 Å². The number of hydrogen-bond acceptors (Lipinski definition) is 2. The Balaban J connectivity index is 2.02. The van der Waals surface area contributed by atoms with Gasteiger partial charge in [-0.05, 0) is 23.8 Å². The molecule has 0 saturated heterocycles. The molecule has 0 aliphatic rings. The monoisotopic (exact) mass is 282 g/mol. The number of hydrogen-bond donors (Lipinski definition) is 1. The number of carbonyl (C=O) groups excluding carboxylic acids is 1. The molecule has 0 saturated carbocycles. The number of H-pyrrole nitrogens is 1. The van der Waals surface area contributed by atoms with Gasteiger partial charge in [0.25, 0.3) is 0 Å². The normalized spacial score (nSPS) is 10.4. The van der Waals surface area contributed by atoms with E-state index in [4.69, 9.17) is 11.6 Å². The van der Waals surface area contributed by atoms with Gasteiger partial charge in [0.1, 0.15) is 5.15 Å². The van der Waals surface area contributed by atoms with Gasteiger partial charge in [0.15, 0.2) is 5.78 Å². The van der Waals surface area contributed by atoms with Crippen molar-refractivity contribution in [2.75, 3.05) is 0 Å². The highest BCUT2D eigenvalue weighted by Gasteiger charge is 2.16. The summed E-state index contributed by atoms with van der Waals surface area (Å²) in [5, 5.41) is 0.374. The summed E-state index contributed by atoms with van der Waals surface area (Å²) in [5.41, 5.74) is 2.93. The Labute approximate surface area is 121 Å². The predicted octanol–water partition coefficient (Wildman–Crippen LogP) is 3.96. The van der Waals surface area contributed by atoms with Crippen molar-refractivity contribution in [2.24, 2.45) is 0 Å². The third kappa shape index (κ3) is 2.36. The Morgan fingerprint density at radius 2 is 1.85 bits per heavy atom. The molecule has 98 valence electrons. The van der Waals surface area contributed by atoms with Crippen LogP contribution in [0.4, 0.5) is 0 Å². The molecule has 0 atom stereocenters. The Bertz CT molecular complexity index is 733. The number of ketones is 1. The summed E-state index contributed by atoms with van der Waals surface area (Å²) >= 11 is 5.74. The molecule has 2 aromatic heterocycles. The zero-order valence-electron chi connectivity index (χ0n) is 10.5. The Morgan fingerprint density at radius 3 is 2.55 bits per heavy atom. The van der Waals surface area contributed by atoms with Crippen LogP contribution >= 0.6 is 11.6 Å². The highest BCUT2D eigenvalue weighted by atomic mass is 35.5. The lowest BCUT2D eigenvalue weighted by molar-refractivity contribution is 0.103. The SMILES string of the molecule is O=C(c1ccc(Cl)nc1)c1cc[nH]c1-c1ccccc1. The molecule has 20 heavy (non-hydrogen) atoms. The van der Waals surface area contributed by atoms with Gasteiger partial charge >= 0.3 is 0 Å². The molecule has 3 aromatic rings. The van der Waals surface area contributed by atoms with Gasteiger partial charge < -0.3 is 4.98 Å². The molecule has 0 aliphatic carbocycles. The predicted molar refractivity (Wildman–Crippen MR) is 78.9 cm³/mol. The van der Waals surface area contributed by atoms with Crippen LogP contribution in [0.25, 0.3) is 11.3 Å². The van der Waals surface area contributed by atoms with Crippen LogP contribution in [-0.2, 0) is 0 Å². The van der Waals surface area contributed by atoms with Gasteiger partial charge in [-0.25, -0.2) is 4.98 Å². The van der Waals surface area contributed by atoms with Crippen LogP contribution in [0.2, 0.25) is 5.15 Å². The lowest BCUT2D eigenvalue weighted by atomic mass is 10.0. The summed E-state index contributed by atoms with van der Waals surface area (Å²) in [4.78, 5) is 19.6. The highest BCUT2D eigenvalue weighted by molar-refractivity contribution is 6.29. The maximum absolute atomic E-state index is 12.5. The fraction of sp³-hybridized carbons (Fsp3) is 0. The van der Waals surface area contributed by atoms with Crippen LogP contribution in [-0.4, -0.2) is 15.8 Å². The van der Waals surface area contributed by atoms with Crippen LogP contribution < -0.4 is 0 Å². The van der Waals surface area contributed by atoms with Crippen LogP contribution in [0.15, 0.2) is 60.9 Å². The van der Waals surface area contributed by atoms with E-state index in [0.29, 0.717) is 16.3 Å². The summed E-state index contributed by atoms with van der Waals surface area (Å²) in [6, 6.07) is 14.8. The molecule has 2 heterocycles. The zero-order chi connectivity index (χ0) is 13.9. The summed E-state index contributed by atoms with van der Waals surface area (Å²) in [7, 11) is 0. The van der Waals surface area contributed by atoms with Crippen molar-refractivity contribution >= 4 is 17.4 Å². The van der Waals surface area contributed by atoms with Crippen LogP contribution in [0.5, 0.6) is 0 Å². The number of aromatic amines is 1. The minimum Gasteiger partial charge on any atom is -0.361 e. The zero-order valence-corrected chi connectivity index (χ0v) is 11.3. The first-order chi connectivity index (χ1) is 9.75. The van der Waals surface area contributed by atoms with Gasteiger partial charge in [-0.3, -0.25) is 4.79 Å². The molecule has 3 nitrogen and oxygen atoms in total. The van der Waals surface area contributed by atoms with Crippen molar-refractivity contribution in [2.45, 2.75) is 0 Å². The molecule has 0 bridgehead atoms. The van der Waals surface area contributed by atoms with E-state index in [-0.39, 0.29) is 5.78 Å². The van der Waals surface area contributed by atoms with E-state index in [9.17, 15) is 4.79 Å². The van der Waals surface area contributed by atoms with Crippen LogP contribution in [0.3, 0.4) is 0 Å². The maximum Gasteiger partial charge on any atom is 0.196 e. The molecular formula is C16H11ClN2O. The highest BCUT2D eigenvalue weighted by Crippen LogP contribution is 2.24. The molecule has 1 N–H and O–H groups in total. The van der Waals surface area contributed by atoms with Crippen LogP contribution in [0, 0.1) is 0 Å². The molecule has 3 rings (SSSR count). The number of nitrogens with zero attached hydrogens (tertiary/aromatic N) is 1. The van der Waals surface area contributed by atoms with E-state index in [0.717, 1.165) is 11.3 Å². The maximum atomic E-state index is 12.5. The Morgan fingerprint density at radius 1 is 1.05 bits per heavy atom. The number of halogens is 1. The lowest BCUT2D eigenvalue weighted by Crippen LogP contribution is -2.02. The fourth-order valence-corrected chi connectivity index (χ4v) is 2.18. The van der Waals surface area contributed by atoms with Crippen molar-refractivity contribution in [1.29, 1.82) is 0 Å². The molecule has 0 unspecified atom stereocenters. The number of aromatic nitrogens is 2. The van der Waals surface area contributed by atoms with Gasteiger partial charge in [-0.1, -0.05) is 41.9 Å². The molecule has 1 aromatic carbocycles. The van der Waals surface area contributed by atoms with Crippen molar-refractivity contribution in [1.82, 2.24) is 9.97 Å².